The number of rotatable bonds is 8. The van der Waals surface area contributed by atoms with E-state index in [0.29, 0.717) is 17.8 Å². The van der Waals surface area contributed by atoms with Gasteiger partial charge in [-0.1, -0.05) is 31.5 Å². The molecular formula is C26H28N4O4. The highest BCUT2D eigenvalue weighted by atomic mass is 16.5. The summed E-state index contributed by atoms with van der Waals surface area (Å²) in [5.41, 5.74) is 3.40. The molecule has 176 valence electrons. The van der Waals surface area contributed by atoms with E-state index in [9.17, 15) is 14.7 Å². The number of para-hydroxylation sites is 1. The molecule has 0 saturated heterocycles. The molecule has 0 aliphatic carbocycles. The Bertz CT molecular complexity index is 1260. The molecule has 3 aromatic rings. The van der Waals surface area contributed by atoms with E-state index in [1.807, 2.05) is 45.0 Å². The lowest BCUT2D eigenvalue weighted by Gasteiger charge is -2.15. The van der Waals surface area contributed by atoms with Gasteiger partial charge < -0.3 is 9.84 Å². The van der Waals surface area contributed by atoms with Crippen molar-refractivity contribution in [2.45, 2.75) is 33.6 Å². The van der Waals surface area contributed by atoms with Crippen LogP contribution < -0.4 is 9.67 Å². The number of aryl methyl sites for hydroxylation is 3. The Morgan fingerprint density at radius 1 is 1.06 bits per heavy atom. The van der Waals surface area contributed by atoms with Gasteiger partial charge in [0.15, 0.2) is 12.4 Å². The molecular weight excluding hydrogens is 432 g/mol. The molecule has 0 radical (unpaired) electrons. The molecule has 4 rings (SSSR count). The van der Waals surface area contributed by atoms with Crippen LogP contribution in [0, 0.1) is 13.8 Å². The zero-order valence-electron chi connectivity index (χ0n) is 19.9. The smallest absolute Gasteiger partial charge is 0.326 e. The van der Waals surface area contributed by atoms with Crippen LogP contribution in [0.3, 0.4) is 0 Å². The number of pyridine rings is 1. The lowest BCUT2D eigenvalue weighted by molar-refractivity contribution is -0.577. The van der Waals surface area contributed by atoms with Gasteiger partial charge in [-0.25, -0.2) is 4.68 Å². The zero-order valence-corrected chi connectivity index (χ0v) is 19.9. The molecule has 3 heterocycles. The van der Waals surface area contributed by atoms with Gasteiger partial charge in [-0.05, 0) is 44.3 Å². The van der Waals surface area contributed by atoms with E-state index < -0.39 is 17.7 Å². The fourth-order valence-electron chi connectivity index (χ4n) is 4.31. The summed E-state index contributed by atoms with van der Waals surface area (Å²) >= 11 is 0. The van der Waals surface area contributed by atoms with Crippen LogP contribution in [0.25, 0.3) is 17.0 Å². The molecule has 0 atom stereocenters. The highest BCUT2D eigenvalue weighted by Crippen LogP contribution is 2.37. The first kappa shape index (κ1) is 23.4. The van der Waals surface area contributed by atoms with Crippen LogP contribution in [0.4, 0.5) is 0 Å². The van der Waals surface area contributed by atoms with Crippen LogP contribution in [0.15, 0.2) is 48.8 Å². The number of carbonyl (C=O) groups is 2. The second kappa shape index (κ2) is 9.61. The van der Waals surface area contributed by atoms with Crippen LogP contribution in [0.1, 0.15) is 35.7 Å². The van der Waals surface area contributed by atoms with Crippen LogP contribution in [-0.4, -0.2) is 46.8 Å². The summed E-state index contributed by atoms with van der Waals surface area (Å²) in [6, 6.07) is 11.1. The number of methoxy groups -OCH3 is 1. The average molecular weight is 461 g/mol. The van der Waals surface area contributed by atoms with Crippen molar-refractivity contribution in [1.29, 1.82) is 0 Å². The molecule has 2 aromatic heterocycles. The summed E-state index contributed by atoms with van der Waals surface area (Å²) < 4.78 is 8.09. The van der Waals surface area contributed by atoms with Gasteiger partial charge in [-0.15, -0.1) is 0 Å². The molecule has 34 heavy (non-hydrogen) atoms. The van der Waals surface area contributed by atoms with Crippen molar-refractivity contribution in [3.63, 3.8) is 0 Å². The van der Waals surface area contributed by atoms with Crippen molar-refractivity contribution in [1.82, 2.24) is 14.7 Å². The minimum absolute atomic E-state index is 0.0896. The number of imide groups is 1. The first-order chi connectivity index (χ1) is 16.4. The number of ether oxygens (including phenoxy) is 1. The van der Waals surface area contributed by atoms with E-state index in [1.165, 1.54) is 11.8 Å². The van der Waals surface area contributed by atoms with E-state index >= 15 is 0 Å². The molecule has 2 amide bonds. The standard InChI is InChI=1S/C26H28N4O4/c1-5-9-20-21(25(32)30(27-20)19-10-7-6-8-11-19)22-23(28-15-17(2)14-18(3)16-28)26(33)29(24(22)31)12-13-34-4/h6-8,10-11,14-16H,5,9,12-13H2,1-4H3. The molecule has 0 spiro atoms. The number of hydrogen-bond donors (Lipinski definition) is 0. The minimum Gasteiger partial charge on any atom is -0.858 e. The zero-order chi connectivity index (χ0) is 24.4. The summed E-state index contributed by atoms with van der Waals surface area (Å²) in [6.07, 6.45) is 4.81. The molecule has 0 fully saturated rings. The first-order valence-corrected chi connectivity index (χ1v) is 11.3. The van der Waals surface area contributed by atoms with Crippen molar-refractivity contribution in [3.8, 4) is 11.6 Å². The number of carbonyl (C=O) groups excluding carboxylic acids is 2. The summed E-state index contributed by atoms with van der Waals surface area (Å²) in [4.78, 5) is 28.3. The van der Waals surface area contributed by atoms with Gasteiger partial charge in [0.25, 0.3) is 11.6 Å². The number of aromatic nitrogens is 3. The molecule has 1 aliphatic rings. The molecule has 0 unspecified atom stereocenters. The van der Waals surface area contributed by atoms with Gasteiger partial charge in [0, 0.05) is 23.8 Å². The molecule has 0 bridgehead atoms. The van der Waals surface area contributed by atoms with Crippen molar-refractivity contribution in [2.24, 2.45) is 0 Å². The predicted octanol–water partition coefficient (Wildman–Crippen LogP) is 2.19. The molecule has 8 nitrogen and oxygen atoms in total. The molecule has 0 saturated carbocycles. The van der Waals surface area contributed by atoms with Gasteiger partial charge in [0.2, 0.25) is 0 Å². The van der Waals surface area contributed by atoms with Gasteiger partial charge in [-0.3, -0.25) is 14.5 Å². The fourth-order valence-corrected chi connectivity index (χ4v) is 4.31. The highest BCUT2D eigenvalue weighted by molar-refractivity contribution is 6.44. The Hall–Kier alpha value is -3.78. The minimum atomic E-state index is -0.509. The summed E-state index contributed by atoms with van der Waals surface area (Å²) in [7, 11) is 1.51. The van der Waals surface area contributed by atoms with Crippen LogP contribution >= 0.6 is 0 Å². The van der Waals surface area contributed by atoms with Crippen molar-refractivity contribution in [3.05, 3.63) is 71.2 Å². The van der Waals surface area contributed by atoms with Crippen molar-refractivity contribution >= 4 is 23.1 Å². The molecule has 1 aliphatic heterocycles. The largest absolute Gasteiger partial charge is 0.858 e. The lowest BCUT2D eigenvalue weighted by Crippen LogP contribution is -2.41. The number of amides is 2. The van der Waals surface area contributed by atoms with Crippen LogP contribution in [0.2, 0.25) is 0 Å². The maximum atomic E-state index is 13.7. The number of benzene rings is 1. The topological polar surface area (TPSA) is 91.4 Å². The maximum absolute atomic E-state index is 13.7. The second-order valence-corrected chi connectivity index (χ2v) is 8.40. The SMILES string of the molecule is CCCc1nn(-c2ccccc2)c([O-])c1C1=C([n+]2cc(C)cc(C)c2)C(=O)N(CCOC)C1=O. The van der Waals surface area contributed by atoms with E-state index in [0.717, 1.165) is 22.4 Å². The van der Waals surface area contributed by atoms with Gasteiger partial charge in [0.05, 0.1) is 24.5 Å². The maximum Gasteiger partial charge on any atom is 0.326 e. The Kier molecular flexibility index (Phi) is 6.61. The van der Waals surface area contributed by atoms with Crippen molar-refractivity contribution in [2.75, 3.05) is 20.3 Å². The molecule has 0 N–H and O–H groups in total. The predicted molar refractivity (Wildman–Crippen MR) is 125 cm³/mol. The third-order valence-corrected chi connectivity index (χ3v) is 5.71. The average Bonchev–Trinajstić information content (AvgIpc) is 3.25. The molecule has 1 aromatic carbocycles. The van der Waals surface area contributed by atoms with Crippen LogP contribution in [0.5, 0.6) is 5.88 Å². The Morgan fingerprint density at radius 3 is 2.35 bits per heavy atom. The third kappa shape index (κ3) is 4.12. The van der Waals surface area contributed by atoms with Crippen molar-refractivity contribution < 1.29 is 24.0 Å². The van der Waals surface area contributed by atoms with Crippen LogP contribution in [-0.2, 0) is 20.7 Å². The molecule has 8 heteroatoms. The summed E-state index contributed by atoms with van der Waals surface area (Å²) in [6.45, 7) is 6.11. The van der Waals surface area contributed by atoms with Gasteiger partial charge >= 0.3 is 5.91 Å². The Balaban J connectivity index is 2.00. The Labute approximate surface area is 198 Å². The quantitative estimate of drug-likeness (QED) is 0.380. The number of nitrogens with zero attached hydrogens (tertiary/aromatic N) is 4. The van der Waals surface area contributed by atoms with Gasteiger partial charge in [-0.2, -0.15) is 9.67 Å². The van der Waals surface area contributed by atoms with E-state index in [1.54, 1.807) is 29.1 Å². The lowest BCUT2D eigenvalue weighted by atomic mass is 10.0. The Morgan fingerprint density at radius 2 is 1.74 bits per heavy atom. The fraction of sp³-hybridized carbons (Fsp3) is 0.308. The third-order valence-electron chi connectivity index (χ3n) is 5.71. The summed E-state index contributed by atoms with van der Waals surface area (Å²) in [5, 5.41) is 18.3. The van der Waals surface area contributed by atoms with Gasteiger partial charge in [0.1, 0.15) is 5.57 Å². The summed E-state index contributed by atoms with van der Waals surface area (Å²) in [5.74, 6) is -1.38. The first-order valence-electron chi connectivity index (χ1n) is 11.3. The monoisotopic (exact) mass is 460 g/mol. The number of hydrogen-bond acceptors (Lipinski definition) is 5. The second-order valence-electron chi connectivity index (χ2n) is 8.40. The highest BCUT2D eigenvalue weighted by Gasteiger charge is 2.46. The van der Waals surface area contributed by atoms with E-state index in [4.69, 9.17) is 4.74 Å². The normalized spacial score (nSPS) is 13.9. The van der Waals surface area contributed by atoms with E-state index in [2.05, 4.69) is 5.10 Å². The van der Waals surface area contributed by atoms with E-state index in [-0.39, 0.29) is 30.0 Å².